The van der Waals surface area contributed by atoms with Gasteiger partial charge in [0.15, 0.2) is 5.75 Å². The number of alkyl halides is 1. The maximum atomic E-state index is 12.6. The fourth-order valence-electron chi connectivity index (χ4n) is 2.37. The largest absolute Gasteiger partial charge is 0.490 e. The van der Waals surface area contributed by atoms with E-state index in [9.17, 15) is 14.9 Å². The van der Waals surface area contributed by atoms with Crippen molar-refractivity contribution < 1.29 is 14.5 Å². The standard InChI is InChI=1S/C14H17ClN2O4/c1-21-13-9-10(5-6-12(13)17(19)20)14(18)16(8-7-15)11-3-2-4-11/h5-6,9,11H,2-4,7-8H2,1H3. The van der Waals surface area contributed by atoms with Crippen molar-refractivity contribution in [1.82, 2.24) is 4.90 Å². The molecule has 1 aliphatic carbocycles. The molecule has 21 heavy (non-hydrogen) atoms. The predicted molar refractivity (Wildman–Crippen MR) is 79.0 cm³/mol. The first-order chi connectivity index (χ1) is 10.1. The molecule has 1 aromatic rings. The van der Waals surface area contributed by atoms with Gasteiger partial charge in [-0.3, -0.25) is 14.9 Å². The molecule has 1 saturated carbocycles. The van der Waals surface area contributed by atoms with Crippen molar-refractivity contribution in [1.29, 1.82) is 0 Å². The van der Waals surface area contributed by atoms with E-state index in [1.807, 2.05) is 0 Å². The van der Waals surface area contributed by atoms with E-state index in [-0.39, 0.29) is 23.4 Å². The summed E-state index contributed by atoms with van der Waals surface area (Å²) in [7, 11) is 1.35. The lowest BCUT2D eigenvalue weighted by Crippen LogP contribution is -2.45. The average molecular weight is 313 g/mol. The van der Waals surface area contributed by atoms with Crippen LogP contribution in [0.1, 0.15) is 29.6 Å². The van der Waals surface area contributed by atoms with Gasteiger partial charge in [-0.2, -0.15) is 0 Å². The van der Waals surface area contributed by atoms with Crippen LogP contribution >= 0.6 is 11.6 Å². The topological polar surface area (TPSA) is 72.7 Å². The third-order valence-corrected chi connectivity index (χ3v) is 3.89. The number of nitro groups is 1. The molecule has 0 radical (unpaired) electrons. The maximum Gasteiger partial charge on any atom is 0.310 e. The van der Waals surface area contributed by atoms with E-state index in [1.54, 1.807) is 4.90 Å². The molecule has 0 aromatic heterocycles. The van der Waals surface area contributed by atoms with E-state index >= 15 is 0 Å². The van der Waals surface area contributed by atoms with Crippen LogP contribution in [0.5, 0.6) is 5.75 Å². The van der Waals surface area contributed by atoms with E-state index in [0.29, 0.717) is 18.0 Å². The summed E-state index contributed by atoms with van der Waals surface area (Å²) in [6.45, 7) is 0.477. The number of nitrogens with zero attached hydrogens (tertiary/aromatic N) is 2. The minimum atomic E-state index is -0.532. The van der Waals surface area contributed by atoms with Gasteiger partial charge in [0.25, 0.3) is 5.91 Å². The Kier molecular flexibility index (Phi) is 5.01. The minimum absolute atomic E-state index is 0.0882. The van der Waals surface area contributed by atoms with Gasteiger partial charge in [-0.15, -0.1) is 11.6 Å². The summed E-state index contributed by atoms with van der Waals surface area (Å²) in [5.74, 6) is 0.297. The van der Waals surface area contributed by atoms with Crippen molar-refractivity contribution in [2.75, 3.05) is 19.5 Å². The first-order valence-electron chi connectivity index (χ1n) is 6.78. The predicted octanol–water partition coefficient (Wildman–Crippen LogP) is 2.84. The highest BCUT2D eigenvalue weighted by Gasteiger charge is 2.29. The van der Waals surface area contributed by atoms with Crippen LogP contribution in [0, 0.1) is 10.1 Å². The van der Waals surface area contributed by atoms with Crippen molar-refractivity contribution in [2.24, 2.45) is 0 Å². The fraction of sp³-hybridized carbons (Fsp3) is 0.500. The van der Waals surface area contributed by atoms with Crippen LogP contribution in [0.15, 0.2) is 18.2 Å². The van der Waals surface area contributed by atoms with Crippen LogP contribution in [0.25, 0.3) is 0 Å². The van der Waals surface area contributed by atoms with E-state index in [4.69, 9.17) is 16.3 Å². The first kappa shape index (κ1) is 15.6. The van der Waals surface area contributed by atoms with Crippen LogP contribution in [-0.2, 0) is 0 Å². The summed E-state index contributed by atoms with van der Waals surface area (Å²) in [6, 6.07) is 4.40. The van der Waals surface area contributed by atoms with Crippen LogP contribution < -0.4 is 4.74 Å². The Hall–Kier alpha value is -1.82. The number of carbonyl (C=O) groups is 1. The van der Waals surface area contributed by atoms with Gasteiger partial charge < -0.3 is 9.64 Å². The quantitative estimate of drug-likeness (QED) is 0.460. The lowest BCUT2D eigenvalue weighted by molar-refractivity contribution is -0.385. The number of rotatable bonds is 6. The smallest absolute Gasteiger partial charge is 0.310 e. The summed E-state index contributed by atoms with van der Waals surface area (Å²) in [5.41, 5.74) is 0.232. The maximum absolute atomic E-state index is 12.6. The van der Waals surface area contributed by atoms with E-state index < -0.39 is 4.92 Å². The van der Waals surface area contributed by atoms with Crippen LogP contribution in [0.4, 0.5) is 5.69 Å². The number of halogens is 1. The van der Waals surface area contributed by atoms with Crippen molar-refractivity contribution in [2.45, 2.75) is 25.3 Å². The number of amides is 1. The molecule has 0 aliphatic heterocycles. The number of carbonyl (C=O) groups excluding carboxylic acids is 1. The SMILES string of the molecule is COc1cc(C(=O)N(CCCl)C2CCC2)ccc1[N+](=O)[O-]. The molecule has 1 fully saturated rings. The normalized spacial score (nSPS) is 14.4. The van der Waals surface area contributed by atoms with Crippen molar-refractivity contribution in [3.8, 4) is 5.75 Å². The molecular weight excluding hydrogens is 296 g/mol. The molecule has 1 aliphatic rings. The average Bonchev–Trinajstić information content (AvgIpc) is 2.43. The molecule has 0 bridgehead atoms. The summed E-state index contributed by atoms with van der Waals surface area (Å²) >= 11 is 5.77. The molecule has 1 amide bonds. The molecular formula is C14H17ClN2O4. The molecule has 0 spiro atoms. The molecule has 0 saturated heterocycles. The van der Waals surface area contributed by atoms with Gasteiger partial charge >= 0.3 is 5.69 Å². The number of methoxy groups -OCH3 is 1. The van der Waals surface area contributed by atoms with Gasteiger partial charge in [0, 0.05) is 36.2 Å². The van der Waals surface area contributed by atoms with Crippen LogP contribution in [-0.4, -0.2) is 41.3 Å². The van der Waals surface area contributed by atoms with E-state index in [1.165, 1.54) is 25.3 Å². The van der Waals surface area contributed by atoms with Gasteiger partial charge in [-0.25, -0.2) is 0 Å². The van der Waals surface area contributed by atoms with E-state index in [0.717, 1.165) is 19.3 Å². The number of benzene rings is 1. The highest BCUT2D eigenvalue weighted by Crippen LogP contribution is 2.30. The fourth-order valence-corrected chi connectivity index (χ4v) is 2.55. The first-order valence-corrected chi connectivity index (χ1v) is 7.31. The molecule has 7 heteroatoms. The van der Waals surface area contributed by atoms with E-state index in [2.05, 4.69) is 0 Å². The zero-order valence-corrected chi connectivity index (χ0v) is 12.5. The second kappa shape index (κ2) is 6.76. The summed E-state index contributed by atoms with van der Waals surface area (Å²) in [5, 5.41) is 10.9. The third kappa shape index (κ3) is 3.26. The number of hydrogen-bond donors (Lipinski definition) is 0. The Morgan fingerprint density at radius 2 is 2.24 bits per heavy atom. The summed E-state index contributed by atoms with van der Waals surface area (Å²) in [4.78, 5) is 24.6. The Labute approximate surface area is 127 Å². The van der Waals surface area contributed by atoms with Gasteiger partial charge in [0.05, 0.1) is 12.0 Å². The molecule has 1 aromatic carbocycles. The second-order valence-electron chi connectivity index (χ2n) is 4.92. The van der Waals surface area contributed by atoms with Crippen LogP contribution in [0.3, 0.4) is 0 Å². The molecule has 6 nitrogen and oxygen atoms in total. The minimum Gasteiger partial charge on any atom is -0.490 e. The second-order valence-corrected chi connectivity index (χ2v) is 5.29. The Bertz CT molecular complexity index is 546. The highest BCUT2D eigenvalue weighted by atomic mass is 35.5. The van der Waals surface area contributed by atoms with Gasteiger partial charge in [-0.05, 0) is 25.3 Å². The monoisotopic (exact) mass is 312 g/mol. The van der Waals surface area contributed by atoms with Crippen molar-refractivity contribution in [3.63, 3.8) is 0 Å². The molecule has 0 heterocycles. The molecule has 2 rings (SSSR count). The molecule has 0 N–H and O–H groups in total. The summed E-state index contributed by atoms with van der Waals surface area (Å²) < 4.78 is 5.00. The Morgan fingerprint density at radius 3 is 2.71 bits per heavy atom. The Balaban J connectivity index is 2.26. The van der Waals surface area contributed by atoms with Gasteiger partial charge in [0.2, 0.25) is 0 Å². The number of hydrogen-bond acceptors (Lipinski definition) is 4. The number of nitro benzene ring substituents is 1. The molecule has 0 atom stereocenters. The lowest BCUT2D eigenvalue weighted by Gasteiger charge is -2.37. The summed E-state index contributed by atoms with van der Waals surface area (Å²) in [6.07, 6.45) is 3.07. The zero-order valence-electron chi connectivity index (χ0n) is 11.8. The van der Waals surface area contributed by atoms with Gasteiger partial charge in [0.1, 0.15) is 0 Å². The van der Waals surface area contributed by atoms with Crippen molar-refractivity contribution >= 4 is 23.2 Å². The van der Waals surface area contributed by atoms with Crippen LogP contribution in [0.2, 0.25) is 0 Å². The highest BCUT2D eigenvalue weighted by molar-refractivity contribution is 6.18. The zero-order chi connectivity index (χ0) is 15.4. The number of ether oxygens (including phenoxy) is 1. The van der Waals surface area contributed by atoms with Crippen molar-refractivity contribution in [3.05, 3.63) is 33.9 Å². The Morgan fingerprint density at radius 1 is 1.52 bits per heavy atom. The van der Waals surface area contributed by atoms with Gasteiger partial charge in [-0.1, -0.05) is 0 Å². The molecule has 0 unspecified atom stereocenters. The third-order valence-electron chi connectivity index (χ3n) is 3.73. The molecule has 114 valence electrons. The lowest BCUT2D eigenvalue weighted by atomic mass is 9.91.